The lowest BCUT2D eigenvalue weighted by Crippen LogP contribution is -2.01. The average Bonchev–Trinajstić information content (AvgIpc) is 2.44. The number of rotatable bonds is 5. The quantitative estimate of drug-likeness (QED) is 0.909. The largest absolute Gasteiger partial charge is 0.490 e. The second kappa shape index (κ2) is 6.34. The van der Waals surface area contributed by atoms with Gasteiger partial charge < -0.3 is 15.2 Å². The minimum atomic E-state index is -0.795. The van der Waals surface area contributed by atoms with E-state index in [-0.39, 0.29) is 12.3 Å². The molecule has 3 nitrogen and oxygen atoms in total. The first-order chi connectivity index (χ1) is 9.65. The molecule has 2 rings (SSSR count). The van der Waals surface area contributed by atoms with Crippen molar-refractivity contribution in [3.8, 4) is 17.2 Å². The molecule has 0 aliphatic carbocycles. The van der Waals surface area contributed by atoms with E-state index in [1.165, 1.54) is 0 Å². The molecule has 106 valence electrons. The number of para-hydroxylation sites is 2. The fourth-order valence-electron chi connectivity index (χ4n) is 1.75. The van der Waals surface area contributed by atoms with E-state index in [4.69, 9.17) is 15.2 Å². The molecule has 5 heteroatoms. The van der Waals surface area contributed by atoms with Crippen LogP contribution < -0.4 is 15.2 Å². The van der Waals surface area contributed by atoms with Gasteiger partial charge in [-0.3, -0.25) is 0 Å². The Morgan fingerprint density at radius 1 is 1.05 bits per heavy atom. The molecule has 2 N–H and O–H groups in total. The molecule has 2 aromatic rings. The van der Waals surface area contributed by atoms with E-state index in [2.05, 4.69) is 0 Å². The highest BCUT2D eigenvalue weighted by atomic mass is 19.1. The van der Waals surface area contributed by atoms with E-state index < -0.39 is 17.4 Å². The Morgan fingerprint density at radius 2 is 1.65 bits per heavy atom. The van der Waals surface area contributed by atoms with Crippen LogP contribution in [0, 0.1) is 11.6 Å². The molecule has 20 heavy (non-hydrogen) atoms. The van der Waals surface area contributed by atoms with Gasteiger partial charge in [0.2, 0.25) is 0 Å². The van der Waals surface area contributed by atoms with E-state index in [0.29, 0.717) is 17.9 Å². The third-order valence-corrected chi connectivity index (χ3v) is 2.65. The summed E-state index contributed by atoms with van der Waals surface area (Å²) in [5.74, 6) is -1.37. The first kappa shape index (κ1) is 14.3. The van der Waals surface area contributed by atoms with Crippen LogP contribution in [-0.4, -0.2) is 6.61 Å². The van der Waals surface area contributed by atoms with Crippen LogP contribution in [0.15, 0.2) is 36.4 Å². The highest BCUT2D eigenvalue weighted by molar-refractivity contribution is 5.44. The van der Waals surface area contributed by atoms with Crippen molar-refractivity contribution < 1.29 is 18.3 Å². The van der Waals surface area contributed by atoms with Crippen molar-refractivity contribution in [3.05, 3.63) is 53.6 Å². The molecule has 0 aliphatic rings. The van der Waals surface area contributed by atoms with E-state index >= 15 is 0 Å². The lowest BCUT2D eigenvalue weighted by Gasteiger charge is -2.13. The van der Waals surface area contributed by atoms with Crippen LogP contribution >= 0.6 is 0 Å². The number of benzene rings is 2. The molecule has 0 spiro atoms. The van der Waals surface area contributed by atoms with Crippen molar-refractivity contribution in [1.29, 1.82) is 0 Å². The predicted octanol–water partition coefficient (Wildman–Crippen LogP) is 3.61. The van der Waals surface area contributed by atoms with Crippen LogP contribution in [0.4, 0.5) is 8.78 Å². The van der Waals surface area contributed by atoms with Crippen molar-refractivity contribution in [1.82, 2.24) is 0 Å². The summed E-state index contributed by atoms with van der Waals surface area (Å²) >= 11 is 0. The van der Waals surface area contributed by atoms with Crippen LogP contribution in [0.1, 0.15) is 12.5 Å². The standard InChI is InChI=1S/C15H15F2NO2/c1-2-19-13-5-3-4-6-14(13)20-15-11(16)7-10(9-18)8-12(15)17/h3-8H,2,9,18H2,1H3. The summed E-state index contributed by atoms with van der Waals surface area (Å²) in [4.78, 5) is 0. The highest BCUT2D eigenvalue weighted by Crippen LogP contribution is 2.34. The maximum atomic E-state index is 13.8. The normalized spacial score (nSPS) is 10.4. The molecule has 0 aliphatic heterocycles. The van der Waals surface area contributed by atoms with Crippen molar-refractivity contribution in [3.63, 3.8) is 0 Å². The van der Waals surface area contributed by atoms with Gasteiger partial charge in [0.05, 0.1) is 6.61 Å². The van der Waals surface area contributed by atoms with Crippen LogP contribution in [0.2, 0.25) is 0 Å². The summed E-state index contributed by atoms with van der Waals surface area (Å²) in [6, 6.07) is 9.01. The van der Waals surface area contributed by atoms with Crippen molar-refractivity contribution in [2.75, 3.05) is 6.61 Å². The molecule has 0 atom stereocenters. The number of nitrogens with two attached hydrogens (primary N) is 1. The van der Waals surface area contributed by atoms with Gasteiger partial charge >= 0.3 is 0 Å². The minimum Gasteiger partial charge on any atom is -0.490 e. The molecule has 0 amide bonds. The zero-order chi connectivity index (χ0) is 14.5. The van der Waals surface area contributed by atoms with Crippen molar-refractivity contribution >= 4 is 0 Å². The van der Waals surface area contributed by atoms with Crippen molar-refractivity contribution in [2.45, 2.75) is 13.5 Å². The van der Waals surface area contributed by atoms with Gasteiger partial charge in [0.1, 0.15) is 0 Å². The smallest absolute Gasteiger partial charge is 0.198 e. The zero-order valence-electron chi connectivity index (χ0n) is 11.0. The molecule has 0 aromatic heterocycles. The minimum absolute atomic E-state index is 0.0592. The molecular formula is C15H15F2NO2. The lowest BCUT2D eigenvalue weighted by molar-refractivity contribution is 0.315. The van der Waals surface area contributed by atoms with Crippen LogP contribution in [0.3, 0.4) is 0 Å². The van der Waals surface area contributed by atoms with Crippen molar-refractivity contribution in [2.24, 2.45) is 5.73 Å². The van der Waals surface area contributed by atoms with Crippen LogP contribution in [0.25, 0.3) is 0 Å². The predicted molar refractivity (Wildman–Crippen MR) is 71.9 cm³/mol. The molecule has 0 bridgehead atoms. The molecule has 0 unspecified atom stereocenters. The average molecular weight is 279 g/mol. The molecule has 0 radical (unpaired) electrons. The summed E-state index contributed by atoms with van der Waals surface area (Å²) in [7, 11) is 0. The zero-order valence-corrected chi connectivity index (χ0v) is 11.0. The molecule has 2 aromatic carbocycles. The Hall–Kier alpha value is -2.14. The third-order valence-electron chi connectivity index (χ3n) is 2.65. The van der Waals surface area contributed by atoms with E-state index in [1.807, 2.05) is 6.92 Å². The topological polar surface area (TPSA) is 44.5 Å². The molecule has 0 fully saturated rings. The first-order valence-corrected chi connectivity index (χ1v) is 6.23. The van der Waals surface area contributed by atoms with Gasteiger partial charge in [0, 0.05) is 6.54 Å². The fraction of sp³-hybridized carbons (Fsp3) is 0.200. The molecule has 0 heterocycles. The monoisotopic (exact) mass is 279 g/mol. The summed E-state index contributed by atoms with van der Waals surface area (Å²) in [5.41, 5.74) is 5.73. The maximum Gasteiger partial charge on any atom is 0.198 e. The van der Waals surface area contributed by atoms with Gasteiger partial charge in [-0.25, -0.2) is 8.78 Å². The molecule has 0 saturated heterocycles. The van der Waals surface area contributed by atoms with Gasteiger partial charge in [-0.05, 0) is 36.8 Å². The highest BCUT2D eigenvalue weighted by Gasteiger charge is 2.15. The Labute approximate surface area is 115 Å². The van der Waals surface area contributed by atoms with Gasteiger partial charge in [-0.15, -0.1) is 0 Å². The lowest BCUT2D eigenvalue weighted by atomic mass is 10.2. The van der Waals surface area contributed by atoms with E-state index in [0.717, 1.165) is 12.1 Å². The number of hydrogen-bond donors (Lipinski definition) is 1. The Bertz CT molecular complexity index is 579. The van der Waals surface area contributed by atoms with E-state index in [1.54, 1.807) is 24.3 Å². The third kappa shape index (κ3) is 3.05. The Kier molecular flexibility index (Phi) is 4.53. The number of halogens is 2. The molecular weight excluding hydrogens is 264 g/mol. The summed E-state index contributed by atoms with van der Waals surface area (Å²) in [6.07, 6.45) is 0. The van der Waals surface area contributed by atoms with E-state index in [9.17, 15) is 8.78 Å². The number of hydrogen-bond acceptors (Lipinski definition) is 3. The number of ether oxygens (including phenoxy) is 2. The maximum absolute atomic E-state index is 13.8. The van der Waals surface area contributed by atoms with Gasteiger partial charge in [-0.1, -0.05) is 12.1 Å². The summed E-state index contributed by atoms with van der Waals surface area (Å²) in [5, 5.41) is 0. The van der Waals surface area contributed by atoms with Crippen LogP contribution in [0.5, 0.6) is 17.2 Å². The van der Waals surface area contributed by atoms with Gasteiger partial charge in [0.15, 0.2) is 28.9 Å². The fourth-order valence-corrected chi connectivity index (χ4v) is 1.75. The summed E-state index contributed by atoms with van der Waals surface area (Å²) in [6.45, 7) is 2.30. The van der Waals surface area contributed by atoms with Gasteiger partial charge in [-0.2, -0.15) is 0 Å². The summed E-state index contributed by atoms with van der Waals surface area (Å²) < 4.78 is 38.3. The second-order valence-electron chi connectivity index (χ2n) is 4.07. The van der Waals surface area contributed by atoms with Crippen LogP contribution in [-0.2, 0) is 6.54 Å². The first-order valence-electron chi connectivity index (χ1n) is 6.23. The Morgan fingerprint density at radius 3 is 2.20 bits per heavy atom. The van der Waals surface area contributed by atoms with Gasteiger partial charge in [0.25, 0.3) is 0 Å². The second-order valence-corrected chi connectivity index (χ2v) is 4.07. The molecule has 0 saturated carbocycles. The SMILES string of the molecule is CCOc1ccccc1Oc1c(F)cc(CN)cc1F. The Balaban J connectivity index is 2.35.